The molecule has 0 aliphatic carbocycles. The summed E-state index contributed by atoms with van der Waals surface area (Å²) in [5.74, 6) is -0.750. The SMILES string of the molecule is CC=C(C)C(=O)O[C@H]1C[C@@H]2[C@@H](O)[C@H](OC(=O)C(C)=CC)[C@H](C1)N2C. The fourth-order valence-electron chi connectivity index (χ4n) is 3.35. The fraction of sp³-hybridized carbons (Fsp3) is 0.667. The number of nitrogens with zero attached hydrogens (tertiary/aromatic N) is 1. The summed E-state index contributed by atoms with van der Waals surface area (Å²) in [6.07, 6.45) is 2.82. The quantitative estimate of drug-likeness (QED) is 0.620. The van der Waals surface area contributed by atoms with Crippen molar-refractivity contribution in [3.63, 3.8) is 0 Å². The lowest BCUT2D eigenvalue weighted by atomic mass is 10.00. The molecule has 2 heterocycles. The molecule has 2 aliphatic heterocycles. The molecule has 134 valence electrons. The number of likely N-dealkylation sites (N-methyl/N-ethyl adjacent to an activating group) is 1. The molecule has 2 bridgehead atoms. The molecular formula is C18H27NO5. The molecule has 5 atom stereocenters. The van der Waals surface area contributed by atoms with Gasteiger partial charge in [0.25, 0.3) is 0 Å². The second-order valence-electron chi connectivity index (χ2n) is 6.60. The van der Waals surface area contributed by atoms with Gasteiger partial charge in [0.05, 0.1) is 6.04 Å². The summed E-state index contributed by atoms with van der Waals surface area (Å²) < 4.78 is 11.1. The van der Waals surface area contributed by atoms with Crippen molar-refractivity contribution < 1.29 is 24.2 Å². The van der Waals surface area contributed by atoms with E-state index in [1.807, 2.05) is 11.9 Å². The van der Waals surface area contributed by atoms with Gasteiger partial charge in [0.15, 0.2) is 0 Å². The third-order valence-electron chi connectivity index (χ3n) is 5.19. The van der Waals surface area contributed by atoms with E-state index in [2.05, 4.69) is 0 Å². The first-order valence-corrected chi connectivity index (χ1v) is 8.37. The van der Waals surface area contributed by atoms with Crippen LogP contribution in [0.25, 0.3) is 0 Å². The zero-order valence-corrected chi connectivity index (χ0v) is 15.0. The largest absolute Gasteiger partial charge is 0.459 e. The van der Waals surface area contributed by atoms with Crippen molar-refractivity contribution in [2.75, 3.05) is 7.05 Å². The highest BCUT2D eigenvalue weighted by molar-refractivity contribution is 5.88. The van der Waals surface area contributed by atoms with Crippen molar-refractivity contribution >= 4 is 11.9 Å². The Morgan fingerprint density at radius 3 is 2.04 bits per heavy atom. The van der Waals surface area contributed by atoms with Gasteiger partial charge in [-0.2, -0.15) is 0 Å². The molecule has 0 unspecified atom stereocenters. The predicted octanol–water partition coefficient (Wildman–Crippen LogP) is 1.58. The Bertz CT molecular complexity index is 568. The molecule has 2 saturated heterocycles. The molecule has 0 aromatic heterocycles. The van der Waals surface area contributed by atoms with Crippen molar-refractivity contribution in [3.05, 3.63) is 23.3 Å². The van der Waals surface area contributed by atoms with Crippen LogP contribution in [-0.4, -0.2) is 59.4 Å². The second-order valence-corrected chi connectivity index (χ2v) is 6.60. The molecule has 6 nitrogen and oxygen atoms in total. The molecule has 2 fully saturated rings. The number of ether oxygens (including phenoxy) is 2. The summed E-state index contributed by atoms with van der Waals surface area (Å²) in [5.41, 5.74) is 1.08. The maximum Gasteiger partial charge on any atom is 0.333 e. The van der Waals surface area contributed by atoms with Crippen molar-refractivity contribution in [2.24, 2.45) is 0 Å². The van der Waals surface area contributed by atoms with Gasteiger partial charge in [-0.25, -0.2) is 9.59 Å². The number of fused-ring (bicyclic) bond motifs is 2. The number of allylic oxidation sites excluding steroid dienone is 2. The molecule has 24 heavy (non-hydrogen) atoms. The number of piperidine rings is 1. The molecule has 2 aliphatic rings. The Balaban J connectivity index is 2.09. The van der Waals surface area contributed by atoms with Crippen LogP contribution in [0.2, 0.25) is 0 Å². The highest BCUT2D eigenvalue weighted by Crippen LogP contribution is 2.38. The van der Waals surface area contributed by atoms with E-state index >= 15 is 0 Å². The zero-order chi connectivity index (χ0) is 18.0. The first-order chi connectivity index (χ1) is 11.3. The second kappa shape index (κ2) is 7.49. The lowest BCUT2D eigenvalue weighted by Gasteiger charge is -2.36. The molecule has 0 saturated carbocycles. The molecule has 1 N–H and O–H groups in total. The summed E-state index contributed by atoms with van der Waals surface area (Å²) >= 11 is 0. The Labute approximate surface area is 143 Å². The van der Waals surface area contributed by atoms with Crippen LogP contribution in [0, 0.1) is 0 Å². The zero-order valence-electron chi connectivity index (χ0n) is 15.0. The summed E-state index contributed by atoms with van der Waals surface area (Å²) in [5, 5.41) is 10.5. The van der Waals surface area contributed by atoms with Crippen LogP contribution in [-0.2, 0) is 19.1 Å². The molecule has 0 spiro atoms. The summed E-state index contributed by atoms with van der Waals surface area (Å²) in [6, 6.07) is -0.341. The van der Waals surface area contributed by atoms with E-state index in [-0.39, 0.29) is 24.2 Å². The molecule has 0 aromatic carbocycles. The van der Waals surface area contributed by atoms with Gasteiger partial charge in [-0.05, 0) is 34.7 Å². The Morgan fingerprint density at radius 2 is 1.50 bits per heavy atom. The van der Waals surface area contributed by atoms with Gasteiger partial charge in [-0.15, -0.1) is 0 Å². The topological polar surface area (TPSA) is 76.1 Å². The first-order valence-electron chi connectivity index (χ1n) is 8.37. The van der Waals surface area contributed by atoms with E-state index in [1.54, 1.807) is 39.8 Å². The minimum Gasteiger partial charge on any atom is -0.459 e. The van der Waals surface area contributed by atoms with E-state index in [1.165, 1.54) is 0 Å². The standard InChI is InChI=1S/C18H27NO5/c1-6-10(3)17(21)23-12-8-13-15(20)16(14(9-12)19(13)5)24-18(22)11(4)7-2/h6-7,12-16,20H,8-9H2,1-5H3/t12-,13+,14-,15+,16+/m0/s1. The number of hydrogen-bond donors (Lipinski definition) is 1. The number of esters is 2. The van der Waals surface area contributed by atoms with Crippen molar-refractivity contribution in [2.45, 2.75) is 70.9 Å². The van der Waals surface area contributed by atoms with Crippen LogP contribution in [0.15, 0.2) is 23.3 Å². The van der Waals surface area contributed by atoms with Crippen molar-refractivity contribution in [1.82, 2.24) is 4.90 Å². The lowest BCUT2D eigenvalue weighted by Crippen LogP contribution is -2.46. The first kappa shape index (κ1) is 18.7. The van der Waals surface area contributed by atoms with Crippen LogP contribution in [0.1, 0.15) is 40.5 Å². The third kappa shape index (κ3) is 3.54. The van der Waals surface area contributed by atoms with Crippen LogP contribution < -0.4 is 0 Å². The maximum atomic E-state index is 12.0. The van der Waals surface area contributed by atoms with Crippen LogP contribution in [0.4, 0.5) is 0 Å². The van der Waals surface area contributed by atoms with E-state index in [4.69, 9.17) is 9.47 Å². The van der Waals surface area contributed by atoms with Gasteiger partial charge >= 0.3 is 11.9 Å². The van der Waals surface area contributed by atoms with E-state index in [9.17, 15) is 14.7 Å². The van der Waals surface area contributed by atoms with Gasteiger partial charge in [0.2, 0.25) is 0 Å². The van der Waals surface area contributed by atoms with Gasteiger partial charge in [-0.3, -0.25) is 4.90 Å². The lowest BCUT2D eigenvalue weighted by molar-refractivity contribution is -0.152. The third-order valence-corrected chi connectivity index (χ3v) is 5.19. The van der Waals surface area contributed by atoms with Gasteiger partial charge in [0.1, 0.15) is 18.3 Å². The number of rotatable bonds is 4. The number of aliphatic hydroxyl groups is 1. The molecule has 0 radical (unpaired) electrons. The molecular weight excluding hydrogens is 310 g/mol. The number of carbonyl (C=O) groups excluding carboxylic acids is 2. The maximum absolute atomic E-state index is 12.0. The van der Waals surface area contributed by atoms with E-state index in [0.29, 0.717) is 24.0 Å². The van der Waals surface area contributed by atoms with Gasteiger partial charge in [-0.1, -0.05) is 12.2 Å². The van der Waals surface area contributed by atoms with Gasteiger partial charge < -0.3 is 14.6 Å². The average Bonchev–Trinajstić information content (AvgIpc) is 2.70. The van der Waals surface area contributed by atoms with Crippen LogP contribution in [0.3, 0.4) is 0 Å². The van der Waals surface area contributed by atoms with Gasteiger partial charge in [0, 0.05) is 30.0 Å². The Hall–Kier alpha value is -1.66. The Morgan fingerprint density at radius 1 is 1.00 bits per heavy atom. The van der Waals surface area contributed by atoms with E-state index in [0.717, 1.165) is 0 Å². The smallest absolute Gasteiger partial charge is 0.333 e. The van der Waals surface area contributed by atoms with Crippen molar-refractivity contribution in [3.8, 4) is 0 Å². The fourth-order valence-corrected chi connectivity index (χ4v) is 3.35. The molecule has 0 aromatic rings. The molecule has 6 heteroatoms. The summed E-state index contributed by atoms with van der Waals surface area (Å²) in [7, 11) is 1.91. The normalized spacial score (nSPS) is 34.2. The summed E-state index contributed by atoms with van der Waals surface area (Å²) in [6.45, 7) is 6.96. The minimum absolute atomic E-state index is 0.156. The average molecular weight is 337 g/mol. The monoisotopic (exact) mass is 337 g/mol. The predicted molar refractivity (Wildman–Crippen MR) is 89.2 cm³/mol. The molecule has 0 amide bonds. The van der Waals surface area contributed by atoms with Crippen LogP contribution >= 0.6 is 0 Å². The van der Waals surface area contributed by atoms with E-state index < -0.39 is 18.2 Å². The Kier molecular flexibility index (Phi) is 5.83. The highest BCUT2D eigenvalue weighted by Gasteiger charge is 2.53. The van der Waals surface area contributed by atoms with Crippen molar-refractivity contribution in [1.29, 1.82) is 0 Å². The highest BCUT2D eigenvalue weighted by atomic mass is 16.6. The number of carbonyl (C=O) groups is 2. The van der Waals surface area contributed by atoms with Crippen LogP contribution in [0.5, 0.6) is 0 Å². The summed E-state index contributed by atoms with van der Waals surface area (Å²) in [4.78, 5) is 26.0. The molecule has 2 rings (SSSR count). The minimum atomic E-state index is -0.778. The number of aliphatic hydroxyl groups excluding tert-OH is 1. The number of hydrogen-bond acceptors (Lipinski definition) is 6.